The molecule has 0 amide bonds. The smallest absolute Gasteiger partial charge is 0.0661 e. The second kappa shape index (κ2) is 6.11. The van der Waals surface area contributed by atoms with Gasteiger partial charge in [-0.3, -0.25) is 4.90 Å². The van der Waals surface area contributed by atoms with E-state index in [0.29, 0.717) is 17.9 Å². The Balaban J connectivity index is 2.04. The molecule has 1 saturated heterocycles. The third-order valence-corrected chi connectivity index (χ3v) is 5.94. The first kappa shape index (κ1) is 15.3. The minimum atomic E-state index is 0.0367. The van der Waals surface area contributed by atoms with Crippen LogP contribution in [0.2, 0.25) is 0 Å². The highest BCUT2D eigenvalue weighted by Crippen LogP contribution is 2.47. The molecule has 0 aromatic carbocycles. The van der Waals surface area contributed by atoms with E-state index in [1.165, 1.54) is 51.6 Å². The summed E-state index contributed by atoms with van der Waals surface area (Å²) < 4.78 is 5.51. The highest BCUT2D eigenvalue weighted by Gasteiger charge is 2.44. The van der Waals surface area contributed by atoms with Crippen LogP contribution in [0.3, 0.4) is 0 Å². The number of hydrogen-bond donors (Lipinski definition) is 1. The molecule has 0 aromatic heterocycles. The van der Waals surface area contributed by atoms with Gasteiger partial charge in [-0.1, -0.05) is 26.7 Å². The molecule has 2 fully saturated rings. The molecule has 0 radical (unpaired) electrons. The number of ether oxygens (including phenoxy) is 1. The van der Waals surface area contributed by atoms with Crippen LogP contribution in [0.15, 0.2) is 0 Å². The summed E-state index contributed by atoms with van der Waals surface area (Å²) in [6.07, 6.45) is 8.55. The molecule has 2 rings (SSSR count). The minimum absolute atomic E-state index is 0.0367. The van der Waals surface area contributed by atoms with E-state index < -0.39 is 0 Å². The third kappa shape index (κ3) is 2.84. The van der Waals surface area contributed by atoms with Gasteiger partial charge in [0.05, 0.1) is 12.1 Å². The Labute approximate surface area is 118 Å². The fraction of sp³-hybridized carbons (Fsp3) is 1.00. The Morgan fingerprint density at radius 1 is 1.16 bits per heavy atom. The van der Waals surface area contributed by atoms with E-state index in [0.717, 1.165) is 6.61 Å². The van der Waals surface area contributed by atoms with Gasteiger partial charge in [-0.15, -0.1) is 0 Å². The lowest BCUT2D eigenvalue weighted by Crippen LogP contribution is -2.62. The van der Waals surface area contributed by atoms with Crippen LogP contribution in [0.25, 0.3) is 0 Å². The number of piperidine rings is 1. The largest absolute Gasteiger partial charge is 0.383 e. The third-order valence-electron chi connectivity index (χ3n) is 5.94. The summed E-state index contributed by atoms with van der Waals surface area (Å²) in [5, 5.41) is 0. The van der Waals surface area contributed by atoms with Crippen molar-refractivity contribution in [2.75, 3.05) is 33.4 Å². The summed E-state index contributed by atoms with van der Waals surface area (Å²) in [5.74, 6) is 0.537. The van der Waals surface area contributed by atoms with Gasteiger partial charge in [0.25, 0.3) is 0 Å². The van der Waals surface area contributed by atoms with Crippen molar-refractivity contribution < 1.29 is 4.74 Å². The molecule has 0 aromatic rings. The maximum atomic E-state index is 6.15. The average molecular weight is 268 g/mol. The van der Waals surface area contributed by atoms with Gasteiger partial charge in [-0.05, 0) is 50.1 Å². The van der Waals surface area contributed by atoms with E-state index in [4.69, 9.17) is 10.5 Å². The van der Waals surface area contributed by atoms with E-state index in [2.05, 4.69) is 18.7 Å². The van der Waals surface area contributed by atoms with Crippen LogP contribution in [0, 0.1) is 11.3 Å². The first-order chi connectivity index (χ1) is 9.08. The van der Waals surface area contributed by atoms with Gasteiger partial charge in [-0.2, -0.15) is 0 Å². The SMILES string of the molecule is COCC(CN)(C(C)C)N1CCC2(CCCC2)CC1. The molecule has 3 nitrogen and oxygen atoms in total. The van der Waals surface area contributed by atoms with E-state index in [-0.39, 0.29) is 5.54 Å². The number of hydrogen-bond acceptors (Lipinski definition) is 3. The van der Waals surface area contributed by atoms with Crippen molar-refractivity contribution in [2.24, 2.45) is 17.1 Å². The van der Waals surface area contributed by atoms with Gasteiger partial charge in [0.2, 0.25) is 0 Å². The zero-order chi connectivity index (χ0) is 13.9. The molecule has 1 aliphatic heterocycles. The zero-order valence-electron chi connectivity index (χ0n) is 13.1. The summed E-state index contributed by atoms with van der Waals surface area (Å²) in [4.78, 5) is 2.63. The van der Waals surface area contributed by atoms with Crippen molar-refractivity contribution in [3.63, 3.8) is 0 Å². The molecular formula is C16H32N2O. The summed E-state index contributed by atoms with van der Waals surface area (Å²) in [5.41, 5.74) is 6.87. The van der Waals surface area contributed by atoms with Gasteiger partial charge in [0.15, 0.2) is 0 Å². The van der Waals surface area contributed by atoms with Crippen LogP contribution >= 0.6 is 0 Å². The summed E-state index contributed by atoms with van der Waals surface area (Å²) in [7, 11) is 1.80. The van der Waals surface area contributed by atoms with Crippen molar-refractivity contribution in [1.29, 1.82) is 0 Å². The van der Waals surface area contributed by atoms with E-state index in [1.54, 1.807) is 7.11 Å². The molecule has 1 saturated carbocycles. The highest BCUT2D eigenvalue weighted by molar-refractivity contribution is 4.99. The molecule has 112 valence electrons. The van der Waals surface area contributed by atoms with Crippen molar-refractivity contribution in [1.82, 2.24) is 4.90 Å². The minimum Gasteiger partial charge on any atom is -0.383 e. The predicted octanol–water partition coefficient (Wildman–Crippen LogP) is 2.64. The summed E-state index contributed by atoms with van der Waals surface area (Å²) >= 11 is 0. The number of nitrogens with zero attached hydrogens (tertiary/aromatic N) is 1. The van der Waals surface area contributed by atoms with Gasteiger partial charge >= 0.3 is 0 Å². The highest BCUT2D eigenvalue weighted by atomic mass is 16.5. The van der Waals surface area contributed by atoms with Crippen molar-refractivity contribution in [2.45, 2.75) is 57.9 Å². The van der Waals surface area contributed by atoms with Crippen LogP contribution < -0.4 is 5.73 Å². The molecule has 2 N–H and O–H groups in total. The van der Waals surface area contributed by atoms with Crippen molar-refractivity contribution in [3.8, 4) is 0 Å². The first-order valence-electron chi connectivity index (χ1n) is 8.03. The Morgan fingerprint density at radius 3 is 2.16 bits per heavy atom. The quantitative estimate of drug-likeness (QED) is 0.833. The number of methoxy groups -OCH3 is 1. The molecule has 1 atom stereocenters. The Kier molecular flexibility index (Phi) is 4.91. The normalized spacial score (nSPS) is 27.0. The molecule has 2 aliphatic rings. The van der Waals surface area contributed by atoms with Crippen molar-refractivity contribution >= 4 is 0 Å². The second-order valence-electron chi connectivity index (χ2n) is 7.09. The molecule has 3 heteroatoms. The van der Waals surface area contributed by atoms with E-state index in [1.807, 2.05) is 0 Å². The second-order valence-corrected chi connectivity index (χ2v) is 7.09. The molecule has 0 bridgehead atoms. The van der Waals surface area contributed by atoms with Gasteiger partial charge < -0.3 is 10.5 Å². The number of nitrogens with two attached hydrogens (primary N) is 1. The van der Waals surface area contributed by atoms with Gasteiger partial charge in [0, 0.05) is 13.7 Å². The zero-order valence-corrected chi connectivity index (χ0v) is 13.1. The van der Waals surface area contributed by atoms with E-state index >= 15 is 0 Å². The van der Waals surface area contributed by atoms with Crippen molar-refractivity contribution in [3.05, 3.63) is 0 Å². The molecule has 1 unspecified atom stereocenters. The van der Waals surface area contributed by atoms with E-state index in [9.17, 15) is 0 Å². The standard InChI is InChI=1S/C16H32N2O/c1-14(2)16(12-17,13-19-3)18-10-8-15(9-11-18)6-4-5-7-15/h14H,4-13,17H2,1-3H3. The number of rotatable bonds is 5. The fourth-order valence-electron chi connectivity index (χ4n) is 4.35. The predicted molar refractivity (Wildman–Crippen MR) is 80.2 cm³/mol. The Hall–Kier alpha value is -0.120. The molecule has 19 heavy (non-hydrogen) atoms. The topological polar surface area (TPSA) is 38.5 Å². The average Bonchev–Trinajstić information content (AvgIpc) is 2.85. The van der Waals surface area contributed by atoms with Crippen LogP contribution in [-0.2, 0) is 4.74 Å². The molecule has 1 heterocycles. The van der Waals surface area contributed by atoms with Gasteiger partial charge in [-0.25, -0.2) is 0 Å². The fourth-order valence-corrected chi connectivity index (χ4v) is 4.35. The maximum Gasteiger partial charge on any atom is 0.0661 e. The van der Waals surface area contributed by atoms with Crippen LogP contribution in [-0.4, -0.2) is 43.8 Å². The first-order valence-corrected chi connectivity index (χ1v) is 8.03. The number of likely N-dealkylation sites (tertiary alicyclic amines) is 1. The van der Waals surface area contributed by atoms with Gasteiger partial charge in [0.1, 0.15) is 0 Å². The lowest BCUT2D eigenvalue weighted by atomic mass is 9.74. The summed E-state index contributed by atoms with van der Waals surface area (Å²) in [6, 6.07) is 0. The van der Waals surface area contributed by atoms with Crippen LogP contribution in [0.4, 0.5) is 0 Å². The summed E-state index contributed by atoms with van der Waals surface area (Å²) in [6.45, 7) is 8.44. The molecular weight excluding hydrogens is 236 g/mol. The molecule has 1 aliphatic carbocycles. The Morgan fingerprint density at radius 2 is 1.74 bits per heavy atom. The lowest BCUT2D eigenvalue weighted by Gasteiger charge is -2.51. The van der Waals surface area contributed by atoms with Crippen LogP contribution in [0.1, 0.15) is 52.4 Å². The Bertz CT molecular complexity index is 276. The van der Waals surface area contributed by atoms with Crippen LogP contribution in [0.5, 0.6) is 0 Å². The molecule has 1 spiro atoms. The monoisotopic (exact) mass is 268 g/mol. The lowest BCUT2D eigenvalue weighted by molar-refractivity contribution is -0.0469. The maximum absolute atomic E-state index is 6.15.